The lowest BCUT2D eigenvalue weighted by Gasteiger charge is -2.09. The molecule has 0 aliphatic heterocycles. The molecular formula is C16H12N6O5. The summed E-state index contributed by atoms with van der Waals surface area (Å²) in [7, 11) is 1.47. The fourth-order valence-electron chi connectivity index (χ4n) is 2.86. The molecule has 0 aliphatic rings. The van der Waals surface area contributed by atoms with Gasteiger partial charge in [-0.1, -0.05) is 0 Å². The first-order chi connectivity index (χ1) is 13.0. The number of H-pyrrole nitrogens is 2. The number of benzene rings is 2. The molecule has 0 atom stereocenters. The van der Waals surface area contributed by atoms with Gasteiger partial charge in [-0.05, 0) is 12.1 Å². The molecule has 0 fully saturated rings. The van der Waals surface area contributed by atoms with Gasteiger partial charge in [-0.25, -0.2) is 9.97 Å². The number of hydrogen-bond donors (Lipinski definition) is 2. The molecule has 0 saturated heterocycles. The normalized spacial score (nSPS) is 11.5. The summed E-state index contributed by atoms with van der Waals surface area (Å²) in [5.74, 6) is 0.808. The summed E-state index contributed by atoms with van der Waals surface area (Å²) in [6, 6.07) is 8.61. The van der Waals surface area contributed by atoms with Crippen LogP contribution in [0.2, 0.25) is 0 Å². The quantitative estimate of drug-likeness (QED) is 0.405. The summed E-state index contributed by atoms with van der Waals surface area (Å²) in [6.45, 7) is 0. The van der Waals surface area contributed by atoms with E-state index >= 15 is 0 Å². The molecule has 2 aromatic carbocycles. The first kappa shape index (κ1) is 16.6. The molecule has 0 saturated carbocycles. The molecule has 2 aromatic heterocycles. The largest absolute Gasteiger partial charge is 0.365 e. The number of rotatable bonds is 5. The minimum Gasteiger partial charge on any atom is -0.365 e. The molecule has 4 aromatic rings. The third kappa shape index (κ3) is 2.85. The predicted molar refractivity (Wildman–Crippen MR) is 94.3 cm³/mol. The summed E-state index contributed by atoms with van der Waals surface area (Å²) in [6.07, 6.45) is -0.706. The van der Waals surface area contributed by atoms with Crippen LogP contribution >= 0.6 is 0 Å². The first-order valence-electron chi connectivity index (χ1n) is 7.77. The molecule has 4 rings (SSSR count). The molecule has 2 heterocycles. The summed E-state index contributed by atoms with van der Waals surface area (Å²) in [5, 5.41) is 21.8. The molecule has 0 amide bonds. The topological polar surface area (TPSA) is 153 Å². The second-order valence-electron chi connectivity index (χ2n) is 5.78. The van der Waals surface area contributed by atoms with Crippen molar-refractivity contribution in [2.24, 2.45) is 0 Å². The van der Waals surface area contributed by atoms with Crippen LogP contribution in [0.15, 0.2) is 36.4 Å². The number of nitro benzene ring substituents is 2. The van der Waals surface area contributed by atoms with Gasteiger partial charge < -0.3 is 14.7 Å². The van der Waals surface area contributed by atoms with Crippen molar-refractivity contribution in [2.75, 3.05) is 7.11 Å². The van der Waals surface area contributed by atoms with E-state index in [1.807, 2.05) is 0 Å². The highest BCUT2D eigenvalue weighted by atomic mass is 16.6. The molecule has 2 N–H and O–H groups in total. The van der Waals surface area contributed by atoms with Crippen LogP contribution in [-0.2, 0) is 4.74 Å². The molecule has 0 aliphatic carbocycles. The highest BCUT2D eigenvalue weighted by Gasteiger charge is 2.22. The maximum atomic E-state index is 10.9. The van der Waals surface area contributed by atoms with E-state index in [4.69, 9.17) is 4.74 Å². The van der Waals surface area contributed by atoms with Gasteiger partial charge in [0, 0.05) is 31.4 Å². The van der Waals surface area contributed by atoms with Crippen molar-refractivity contribution >= 4 is 33.4 Å². The van der Waals surface area contributed by atoms with Crippen molar-refractivity contribution in [3.8, 4) is 0 Å². The Bertz CT molecular complexity index is 1100. The standard InChI is InChI=1S/C16H12N6O5/c1-27-14(15-17-10-4-2-8(21(23)24)6-12(10)19-15)16-18-11-5-3-9(22(25)26)7-13(11)20-16/h2-7,14H,1H3,(H,17,19)(H,18,20). The van der Waals surface area contributed by atoms with Crippen LogP contribution in [0.4, 0.5) is 11.4 Å². The Morgan fingerprint density at radius 2 is 1.33 bits per heavy atom. The predicted octanol–water partition coefficient (Wildman–Crippen LogP) is 2.99. The van der Waals surface area contributed by atoms with E-state index in [1.165, 1.54) is 31.4 Å². The number of nitrogens with one attached hydrogen (secondary N) is 2. The SMILES string of the molecule is COC(c1nc2ccc([N+](=O)[O-])cc2[nH]1)c1nc2ccc([N+](=O)[O-])cc2[nH]1. The summed E-state index contributed by atoms with van der Waals surface area (Å²) in [4.78, 5) is 35.7. The van der Waals surface area contributed by atoms with Crippen molar-refractivity contribution < 1.29 is 14.6 Å². The highest BCUT2D eigenvalue weighted by Crippen LogP contribution is 2.28. The number of methoxy groups -OCH3 is 1. The van der Waals surface area contributed by atoms with Crippen molar-refractivity contribution in [2.45, 2.75) is 6.10 Å². The van der Waals surface area contributed by atoms with Crippen LogP contribution in [0.25, 0.3) is 22.1 Å². The smallest absolute Gasteiger partial charge is 0.271 e. The Balaban J connectivity index is 1.77. The zero-order valence-electron chi connectivity index (χ0n) is 13.9. The molecular weight excluding hydrogens is 356 g/mol. The number of hydrogen-bond acceptors (Lipinski definition) is 7. The number of aromatic nitrogens is 4. The van der Waals surface area contributed by atoms with Crippen molar-refractivity contribution in [3.05, 3.63) is 68.3 Å². The number of nitrogens with zero attached hydrogens (tertiary/aromatic N) is 4. The van der Waals surface area contributed by atoms with Crippen molar-refractivity contribution in [1.82, 2.24) is 19.9 Å². The van der Waals surface area contributed by atoms with Crippen LogP contribution < -0.4 is 0 Å². The lowest BCUT2D eigenvalue weighted by molar-refractivity contribution is -0.384. The van der Waals surface area contributed by atoms with Gasteiger partial charge >= 0.3 is 0 Å². The van der Waals surface area contributed by atoms with Gasteiger partial charge in [0.05, 0.1) is 31.9 Å². The maximum absolute atomic E-state index is 10.9. The van der Waals surface area contributed by atoms with E-state index in [0.717, 1.165) is 0 Å². The second kappa shape index (κ2) is 6.14. The minimum absolute atomic E-state index is 0.0530. The zero-order chi connectivity index (χ0) is 19.1. The van der Waals surface area contributed by atoms with Gasteiger partial charge in [0.25, 0.3) is 11.4 Å². The summed E-state index contributed by atoms with van der Waals surface area (Å²) < 4.78 is 5.48. The molecule has 0 bridgehead atoms. The van der Waals surface area contributed by atoms with Gasteiger partial charge in [-0.3, -0.25) is 20.2 Å². The number of aromatic amines is 2. The average molecular weight is 368 g/mol. The first-order valence-corrected chi connectivity index (χ1v) is 7.77. The van der Waals surface area contributed by atoms with Crippen molar-refractivity contribution in [1.29, 1.82) is 0 Å². The van der Waals surface area contributed by atoms with Crippen LogP contribution in [0.5, 0.6) is 0 Å². The van der Waals surface area contributed by atoms with Crippen LogP contribution in [0.3, 0.4) is 0 Å². The summed E-state index contributed by atoms with van der Waals surface area (Å²) in [5.41, 5.74) is 1.97. The lowest BCUT2D eigenvalue weighted by Crippen LogP contribution is -2.07. The Kier molecular flexibility index (Phi) is 3.78. The Morgan fingerprint density at radius 1 is 0.889 bits per heavy atom. The van der Waals surface area contributed by atoms with Crippen LogP contribution in [0, 0.1) is 20.2 Å². The Morgan fingerprint density at radius 3 is 1.70 bits per heavy atom. The van der Waals surface area contributed by atoms with Gasteiger partial charge in [-0.15, -0.1) is 0 Å². The maximum Gasteiger partial charge on any atom is 0.271 e. The van der Waals surface area contributed by atoms with Crippen LogP contribution in [-0.4, -0.2) is 36.9 Å². The number of ether oxygens (including phenoxy) is 1. The molecule has 0 radical (unpaired) electrons. The number of non-ortho nitro benzene ring substituents is 2. The van der Waals surface area contributed by atoms with Gasteiger partial charge in [0.15, 0.2) is 6.10 Å². The van der Waals surface area contributed by atoms with E-state index in [9.17, 15) is 20.2 Å². The minimum atomic E-state index is -0.706. The monoisotopic (exact) mass is 368 g/mol. The zero-order valence-corrected chi connectivity index (χ0v) is 13.9. The van der Waals surface area contributed by atoms with Gasteiger partial charge in [0.1, 0.15) is 11.6 Å². The lowest BCUT2D eigenvalue weighted by atomic mass is 10.3. The molecule has 0 spiro atoms. The molecule has 136 valence electrons. The van der Waals surface area contributed by atoms with E-state index < -0.39 is 16.0 Å². The van der Waals surface area contributed by atoms with E-state index in [2.05, 4.69) is 19.9 Å². The third-order valence-corrected chi connectivity index (χ3v) is 4.12. The number of fused-ring (bicyclic) bond motifs is 2. The number of nitro groups is 2. The van der Waals surface area contributed by atoms with E-state index in [0.29, 0.717) is 33.7 Å². The highest BCUT2D eigenvalue weighted by molar-refractivity contribution is 5.79. The Labute approximate surface area is 150 Å². The van der Waals surface area contributed by atoms with Gasteiger partial charge in [-0.2, -0.15) is 0 Å². The third-order valence-electron chi connectivity index (χ3n) is 4.12. The van der Waals surface area contributed by atoms with E-state index in [-0.39, 0.29) is 11.4 Å². The molecule has 11 nitrogen and oxygen atoms in total. The second-order valence-corrected chi connectivity index (χ2v) is 5.78. The molecule has 27 heavy (non-hydrogen) atoms. The molecule has 0 unspecified atom stereocenters. The van der Waals surface area contributed by atoms with Crippen LogP contribution in [0.1, 0.15) is 17.8 Å². The summed E-state index contributed by atoms with van der Waals surface area (Å²) >= 11 is 0. The van der Waals surface area contributed by atoms with Crippen molar-refractivity contribution in [3.63, 3.8) is 0 Å². The van der Waals surface area contributed by atoms with E-state index in [1.54, 1.807) is 12.1 Å². The Hall–Kier alpha value is -3.86. The fourth-order valence-corrected chi connectivity index (χ4v) is 2.86. The average Bonchev–Trinajstić information content (AvgIpc) is 3.24. The fraction of sp³-hybridized carbons (Fsp3) is 0.125. The number of imidazole rings is 2. The van der Waals surface area contributed by atoms with Gasteiger partial charge in [0.2, 0.25) is 0 Å². The molecule has 11 heteroatoms.